The number of fused-ring (bicyclic) bond motifs is 1. The fourth-order valence-electron chi connectivity index (χ4n) is 1.40. The van der Waals surface area contributed by atoms with E-state index in [0.29, 0.717) is 17.0 Å². The van der Waals surface area contributed by atoms with Gasteiger partial charge in [-0.3, -0.25) is 4.57 Å². The Bertz CT molecular complexity index is 539. The van der Waals surface area contributed by atoms with Crippen molar-refractivity contribution in [1.82, 2.24) is 19.1 Å². The van der Waals surface area contributed by atoms with E-state index >= 15 is 0 Å². The number of aromatic nitrogens is 4. The van der Waals surface area contributed by atoms with Crippen LogP contribution < -0.4 is 17.0 Å². The molecule has 0 saturated carbocycles. The van der Waals surface area contributed by atoms with Crippen LogP contribution in [0, 0.1) is 0 Å². The molecule has 0 spiro atoms. The summed E-state index contributed by atoms with van der Waals surface area (Å²) in [5.74, 6) is 5.53. The predicted octanol–water partition coefficient (Wildman–Crippen LogP) is -1.05. The number of hydrogen-bond donors (Lipinski definition) is 2. The van der Waals surface area contributed by atoms with Crippen molar-refractivity contribution in [3.8, 4) is 0 Å². The zero-order chi connectivity index (χ0) is 10.3. The molecule has 2 aromatic rings. The molecule has 0 aliphatic rings. The Morgan fingerprint density at radius 1 is 1.50 bits per heavy atom. The van der Waals surface area contributed by atoms with Gasteiger partial charge in [0.2, 0.25) is 0 Å². The van der Waals surface area contributed by atoms with Gasteiger partial charge in [0.05, 0.1) is 6.33 Å². The molecule has 7 heteroatoms. The first-order chi connectivity index (χ1) is 6.65. The maximum Gasteiger partial charge on any atom is 0.351 e. The fraction of sp³-hybridized carbons (Fsp3) is 0.286. The van der Waals surface area contributed by atoms with Crippen LogP contribution in [-0.4, -0.2) is 19.1 Å². The van der Waals surface area contributed by atoms with Crippen molar-refractivity contribution in [3.63, 3.8) is 0 Å². The number of hydrogen-bond acceptors (Lipinski definition) is 5. The van der Waals surface area contributed by atoms with Crippen LogP contribution in [0.15, 0.2) is 11.1 Å². The number of rotatable bonds is 1. The van der Waals surface area contributed by atoms with E-state index in [4.69, 9.17) is 5.84 Å². The van der Waals surface area contributed by atoms with Gasteiger partial charge in [0.25, 0.3) is 0 Å². The minimum Gasteiger partial charge on any atom is -0.320 e. The number of nitrogen functional groups attached to an aromatic ring is 1. The Hall–Kier alpha value is -1.89. The van der Waals surface area contributed by atoms with Gasteiger partial charge in [0, 0.05) is 14.1 Å². The molecular formula is C7H10N6O. The molecule has 2 heterocycles. The summed E-state index contributed by atoms with van der Waals surface area (Å²) in [6.45, 7) is 0. The molecule has 0 bridgehead atoms. The zero-order valence-electron chi connectivity index (χ0n) is 7.85. The minimum absolute atomic E-state index is 0.295. The summed E-state index contributed by atoms with van der Waals surface area (Å²) >= 11 is 0. The highest BCUT2D eigenvalue weighted by Gasteiger charge is 2.10. The molecule has 2 aromatic heterocycles. The molecule has 0 fully saturated rings. The van der Waals surface area contributed by atoms with Gasteiger partial charge in [-0.1, -0.05) is 0 Å². The van der Waals surface area contributed by atoms with Crippen molar-refractivity contribution in [1.29, 1.82) is 0 Å². The van der Waals surface area contributed by atoms with Crippen molar-refractivity contribution in [2.75, 3.05) is 5.43 Å². The van der Waals surface area contributed by atoms with Crippen LogP contribution in [0.3, 0.4) is 0 Å². The standard InChI is InChI=1S/C7H10N6O/c1-12-3-9-4-5(11-8)10-7(14)13(2)6(4)12/h3H,8H2,1-2H3,(H,10,11,14). The summed E-state index contributed by atoms with van der Waals surface area (Å²) < 4.78 is 3.16. The zero-order valence-corrected chi connectivity index (χ0v) is 7.85. The quantitative estimate of drug-likeness (QED) is 0.446. The molecule has 0 atom stereocenters. The highest BCUT2D eigenvalue weighted by molar-refractivity contribution is 5.82. The van der Waals surface area contributed by atoms with Crippen LogP contribution in [0.1, 0.15) is 0 Å². The molecular weight excluding hydrogens is 184 g/mol. The monoisotopic (exact) mass is 194 g/mol. The highest BCUT2D eigenvalue weighted by Crippen LogP contribution is 2.14. The number of nitrogens with zero attached hydrogens (tertiary/aromatic N) is 4. The van der Waals surface area contributed by atoms with Crippen LogP contribution >= 0.6 is 0 Å². The molecule has 0 aromatic carbocycles. The summed E-state index contributed by atoms with van der Waals surface area (Å²) in [7, 11) is 3.44. The molecule has 0 amide bonds. The third-order valence-electron chi connectivity index (χ3n) is 2.08. The van der Waals surface area contributed by atoms with Gasteiger partial charge in [0.15, 0.2) is 5.82 Å². The number of nitrogens with two attached hydrogens (primary N) is 1. The Labute approximate surface area is 79.2 Å². The molecule has 0 radical (unpaired) electrons. The summed E-state index contributed by atoms with van der Waals surface area (Å²) in [5.41, 5.74) is 3.24. The Morgan fingerprint density at radius 2 is 2.21 bits per heavy atom. The second-order valence-electron chi connectivity index (χ2n) is 2.97. The lowest BCUT2D eigenvalue weighted by molar-refractivity contribution is 0.800. The Morgan fingerprint density at radius 3 is 2.86 bits per heavy atom. The molecule has 0 aliphatic carbocycles. The lowest BCUT2D eigenvalue weighted by atomic mass is 10.5. The van der Waals surface area contributed by atoms with E-state index < -0.39 is 0 Å². The van der Waals surface area contributed by atoms with Crippen LogP contribution in [0.2, 0.25) is 0 Å². The Balaban J connectivity index is 3.00. The van der Waals surface area contributed by atoms with E-state index in [2.05, 4.69) is 15.4 Å². The normalized spacial score (nSPS) is 10.8. The molecule has 14 heavy (non-hydrogen) atoms. The predicted molar refractivity (Wildman–Crippen MR) is 51.6 cm³/mol. The average molecular weight is 194 g/mol. The SMILES string of the molecule is Cn1cnc2c(NN)nc(=O)n(C)c21. The summed E-state index contributed by atoms with van der Waals surface area (Å²) in [6.07, 6.45) is 1.60. The molecule has 7 nitrogen and oxygen atoms in total. The number of anilines is 1. The van der Waals surface area contributed by atoms with Gasteiger partial charge in [-0.2, -0.15) is 4.98 Å². The summed E-state index contributed by atoms with van der Waals surface area (Å²) in [5, 5.41) is 0. The molecule has 0 saturated heterocycles. The number of hydrazine groups is 1. The molecule has 0 aliphatic heterocycles. The Kier molecular flexibility index (Phi) is 1.74. The van der Waals surface area contributed by atoms with E-state index in [1.807, 2.05) is 0 Å². The minimum atomic E-state index is -0.367. The van der Waals surface area contributed by atoms with Crippen LogP contribution in [-0.2, 0) is 14.1 Å². The average Bonchev–Trinajstić information content (AvgIpc) is 2.54. The van der Waals surface area contributed by atoms with Crippen LogP contribution in [0.4, 0.5) is 5.82 Å². The summed E-state index contributed by atoms with van der Waals surface area (Å²) in [4.78, 5) is 19.2. The summed E-state index contributed by atoms with van der Waals surface area (Å²) in [6, 6.07) is 0. The number of aryl methyl sites for hydroxylation is 2. The maximum atomic E-state index is 11.4. The van der Waals surface area contributed by atoms with Gasteiger partial charge in [-0.25, -0.2) is 15.6 Å². The van der Waals surface area contributed by atoms with Crippen molar-refractivity contribution < 1.29 is 0 Å². The van der Waals surface area contributed by atoms with Gasteiger partial charge >= 0.3 is 5.69 Å². The first-order valence-corrected chi connectivity index (χ1v) is 4.00. The molecule has 3 N–H and O–H groups in total. The maximum absolute atomic E-state index is 11.4. The van der Waals surface area contributed by atoms with Gasteiger partial charge < -0.3 is 9.99 Å². The van der Waals surface area contributed by atoms with E-state index in [1.54, 1.807) is 25.0 Å². The van der Waals surface area contributed by atoms with Gasteiger partial charge in [-0.05, 0) is 0 Å². The number of nitrogens with one attached hydrogen (secondary N) is 1. The first-order valence-electron chi connectivity index (χ1n) is 4.00. The topological polar surface area (TPSA) is 90.8 Å². The largest absolute Gasteiger partial charge is 0.351 e. The highest BCUT2D eigenvalue weighted by atomic mass is 16.1. The smallest absolute Gasteiger partial charge is 0.320 e. The fourth-order valence-corrected chi connectivity index (χ4v) is 1.40. The third-order valence-corrected chi connectivity index (χ3v) is 2.08. The van der Waals surface area contributed by atoms with Crippen LogP contribution in [0.25, 0.3) is 11.2 Å². The van der Waals surface area contributed by atoms with Crippen LogP contribution in [0.5, 0.6) is 0 Å². The van der Waals surface area contributed by atoms with Gasteiger partial charge in [0.1, 0.15) is 11.2 Å². The van der Waals surface area contributed by atoms with Gasteiger partial charge in [-0.15, -0.1) is 0 Å². The van der Waals surface area contributed by atoms with Crippen molar-refractivity contribution in [2.24, 2.45) is 19.9 Å². The lowest BCUT2D eigenvalue weighted by Gasteiger charge is -2.04. The molecule has 0 unspecified atom stereocenters. The molecule has 2 rings (SSSR count). The molecule has 74 valence electrons. The van der Waals surface area contributed by atoms with E-state index in [1.165, 1.54) is 4.57 Å². The second kappa shape index (κ2) is 2.81. The van der Waals surface area contributed by atoms with E-state index in [-0.39, 0.29) is 5.69 Å². The van der Waals surface area contributed by atoms with E-state index in [9.17, 15) is 4.79 Å². The third kappa shape index (κ3) is 0.990. The van der Waals surface area contributed by atoms with E-state index in [0.717, 1.165) is 0 Å². The number of imidazole rings is 1. The second-order valence-corrected chi connectivity index (χ2v) is 2.97. The lowest BCUT2D eigenvalue weighted by Crippen LogP contribution is -2.24. The van der Waals surface area contributed by atoms with Crippen molar-refractivity contribution in [2.45, 2.75) is 0 Å². The van der Waals surface area contributed by atoms with Crippen molar-refractivity contribution >= 4 is 17.0 Å². The first kappa shape index (κ1) is 8.70. The van der Waals surface area contributed by atoms with Crippen molar-refractivity contribution in [3.05, 3.63) is 16.8 Å².